The van der Waals surface area contributed by atoms with Crippen LogP contribution in [0.4, 0.5) is 0 Å². The summed E-state index contributed by atoms with van der Waals surface area (Å²) in [5.41, 5.74) is 0.977. The van der Waals surface area contributed by atoms with Crippen LogP contribution in [-0.2, 0) is 4.74 Å². The Balaban J connectivity index is 1.86. The summed E-state index contributed by atoms with van der Waals surface area (Å²) in [5.74, 6) is 1.02. The highest BCUT2D eigenvalue weighted by Gasteiger charge is 2.56. The minimum Gasteiger partial charge on any atom is -0.462 e. The van der Waals surface area contributed by atoms with Crippen LogP contribution in [-0.4, -0.2) is 12.6 Å². The molecule has 2 atom stereocenters. The number of benzene rings is 1. The molecule has 0 spiro atoms. The summed E-state index contributed by atoms with van der Waals surface area (Å²) in [6, 6.07) is 9.18. The molecule has 0 unspecified atom stereocenters. The predicted molar refractivity (Wildman–Crippen MR) is 67.8 cm³/mol. The molecule has 0 N–H and O–H groups in total. The van der Waals surface area contributed by atoms with Gasteiger partial charge in [0.25, 0.3) is 0 Å². The van der Waals surface area contributed by atoms with Crippen molar-refractivity contribution in [3.8, 4) is 0 Å². The lowest BCUT2D eigenvalue weighted by Crippen LogP contribution is -2.09. The maximum Gasteiger partial charge on any atom is 0.338 e. The van der Waals surface area contributed by atoms with Gasteiger partial charge in [0, 0.05) is 5.92 Å². The van der Waals surface area contributed by atoms with Gasteiger partial charge in [0.15, 0.2) is 0 Å². The van der Waals surface area contributed by atoms with Crippen LogP contribution in [0.1, 0.15) is 37.6 Å². The summed E-state index contributed by atoms with van der Waals surface area (Å²) in [5, 5.41) is 0. The Labute approximate surface area is 103 Å². The minimum atomic E-state index is -0.205. The second kappa shape index (κ2) is 4.52. The zero-order valence-electron chi connectivity index (χ0n) is 10.8. The minimum absolute atomic E-state index is 0.205. The van der Waals surface area contributed by atoms with E-state index in [0.717, 1.165) is 0 Å². The molecule has 0 aliphatic heterocycles. The van der Waals surface area contributed by atoms with Gasteiger partial charge in [0.05, 0.1) is 12.2 Å². The van der Waals surface area contributed by atoms with Crippen LogP contribution < -0.4 is 0 Å². The number of ether oxygens (including phenoxy) is 1. The highest BCUT2D eigenvalue weighted by Crippen LogP contribution is 2.59. The summed E-state index contributed by atoms with van der Waals surface area (Å²) >= 11 is 0. The highest BCUT2D eigenvalue weighted by molar-refractivity contribution is 5.89. The molecule has 0 amide bonds. The first kappa shape index (κ1) is 12.2. The Bertz CT molecular complexity index is 395. The number of carbonyl (C=O) groups excluding carboxylic acids is 1. The van der Waals surface area contributed by atoms with Crippen molar-refractivity contribution in [2.24, 2.45) is 17.3 Å². The molecule has 1 saturated carbocycles. The SMILES string of the molecule is CC[C@H]1[C@@H](COC(=O)c2ccccc2)C1(C)C. The Morgan fingerprint density at radius 1 is 1.24 bits per heavy atom. The molecule has 2 heteroatoms. The van der Waals surface area contributed by atoms with Gasteiger partial charge in [-0.2, -0.15) is 0 Å². The van der Waals surface area contributed by atoms with E-state index in [0.29, 0.717) is 29.4 Å². The Morgan fingerprint density at radius 2 is 1.88 bits per heavy atom. The van der Waals surface area contributed by atoms with Crippen molar-refractivity contribution >= 4 is 5.97 Å². The van der Waals surface area contributed by atoms with Crippen molar-refractivity contribution in [3.05, 3.63) is 35.9 Å². The van der Waals surface area contributed by atoms with Crippen LogP contribution >= 0.6 is 0 Å². The van der Waals surface area contributed by atoms with Crippen LogP contribution in [0, 0.1) is 17.3 Å². The van der Waals surface area contributed by atoms with Crippen LogP contribution in [0.5, 0.6) is 0 Å². The van der Waals surface area contributed by atoms with Crippen LogP contribution in [0.3, 0.4) is 0 Å². The molecule has 1 aliphatic carbocycles. The molecule has 1 aliphatic rings. The van der Waals surface area contributed by atoms with Crippen molar-refractivity contribution in [3.63, 3.8) is 0 Å². The van der Waals surface area contributed by atoms with E-state index in [1.54, 1.807) is 12.1 Å². The Hall–Kier alpha value is -1.31. The lowest BCUT2D eigenvalue weighted by molar-refractivity contribution is 0.0469. The van der Waals surface area contributed by atoms with Gasteiger partial charge in [-0.1, -0.05) is 45.4 Å². The van der Waals surface area contributed by atoms with E-state index < -0.39 is 0 Å². The Morgan fingerprint density at radius 3 is 2.41 bits per heavy atom. The summed E-state index contributed by atoms with van der Waals surface area (Å²) < 4.78 is 5.38. The predicted octanol–water partition coefficient (Wildman–Crippen LogP) is 3.53. The largest absolute Gasteiger partial charge is 0.462 e. The topological polar surface area (TPSA) is 26.3 Å². The molecular formula is C15H20O2. The maximum atomic E-state index is 11.8. The van der Waals surface area contributed by atoms with Gasteiger partial charge in [-0.05, 0) is 23.5 Å². The van der Waals surface area contributed by atoms with Crippen molar-refractivity contribution in [1.82, 2.24) is 0 Å². The molecule has 1 fully saturated rings. The molecular weight excluding hydrogens is 212 g/mol. The molecule has 0 heterocycles. The zero-order chi connectivity index (χ0) is 12.5. The molecule has 2 nitrogen and oxygen atoms in total. The lowest BCUT2D eigenvalue weighted by Gasteiger charge is -2.05. The van der Waals surface area contributed by atoms with Gasteiger partial charge in [0.1, 0.15) is 0 Å². The maximum absolute atomic E-state index is 11.8. The van der Waals surface area contributed by atoms with Crippen molar-refractivity contribution in [2.45, 2.75) is 27.2 Å². The van der Waals surface area contributed by atoms with E-state index in [2.05, 4.69) is 20.8 Å². The molecule has 1 aromatic carbocycles. The van der Waals surface area contributed by atoms with E-state index in [-0.39, 0.29) is 5.97 Å². The fraction of sp³-hybridized carbons (Fsp3) is 0.533. The zero-order valence-corrected chi connectivity index (χ0v) is 10.8. The molecule has 92 valence electrons. The molecule has 17 heavy (non-hydrogen) atoms. The monoisotopic (exact) mass is 232 g/mol. The van der Waals surface area contributed by atoms with Gasteiger partial charge in [0.2, 0.25) is 0 Å². The van der Waals surface area contributed by atoms with Gasteiger partial charge >= 0.3 is 5.97 Å². The van der Waals surface area contributed by atoms with Gasteiger partial charge in [-0.15, -0.1) is 0 Å². The normalized spacial score (nSPS) is 25.4. The number of carbonyl (C=O) groups is 1. The molecule has 2 rings (SSSR count). The van der Waals surface area contributed by atoms with Gasteiger partial charge in [-0.25, -0.2) is 4.79 Å². The molecule has 0 radical (unpaired) electrons. The summed E-state index contributed by atoms with van der Waals surface area (Å²) in [7, 11) is 0. The lowest BCUT2D eigenvalue weighted by atomic mass is 10.1. The average molecular weight is 232 g/mol. The summed E-state index contributed by atoms with van der Waals surface area (Å²) in [6.07, 6.45) is 1.17. The van der Waals surface area contributed by atoms with Crippen LogP contribution in [0.2, 0.25) is 0 Å². The van der Waals surface area contributed by atoms with Crippen molar-refractivity contribution < 1.29 is 9.53 Å². The van der Waals surface area contributed by atoms with E-state index in [1.807, 2.05) is 18.2 Å². The van der Waals surface area contributed by atoms with Crippen LogP contribution in [0.15, 0.2) is 30.3 Å². The van der Waals surface area contributed by atoms with Crippen molar-refractivity contribution in [1.29, 1.82) is 0 Å². The van der Waals surface area contributed by atoms with Gasteiger partial charge < -0.3 is 4.74 Å². The molecule has 1 aromatic rings. The third-order valence-corrected chi connectivity index (χ3v) is 4.13. The first-order valence-electron chi connectivity index (χ1n) is 6.29. The number of esters is 1. The van der Waals surface area contributed by atoms with E-state index >= 15 is 0 Å². The second-order valence-corrected chi connectivity index (χ2v) is 5.41. The molecule has 0 bridgehead atoms. The summed E-state index contributed by atoms with van der Waals surface area (Å²) in [6.45, 7) is 7.26. The third-order valence-electron chi connectivity index (χ3n) is 4.13. The fourth-order valence-electron chi connectivity index (χ4n) is 2.82. The number of hydrogen-bond donors (Lipinski definition) is 0. The average Bonchev–Trinajstić information content (AvgIpc) is 2.88. The second-order valence-electron chi connectivity index (χ2n) is 5.41. The standard InChI is InChI=1S/C15H20O2/c1-4-12-13(15(12,2)3)10-17-14(16)11-8-6-5-7-9-11/h5-9,12-13H,4,10H2,1-3H3/t12-,13+/m0/s1. The quantitative estimate of drug-likeness (QED) is 0.742. The number of hydrogen-bond acceptors (Lipinski definition) is 2. The highest BCUT2D eigenvalue weighted by atomic mass is 16.5. The number of rotatable bonds is 4. The van der Waals surface area contributed by atoms with Gasteiger partial charge in [-0.3, -0.25) is 0 Å². The fourth-order valence-corrected chi connectivity index (χ4v) is 2.82. The molecule has 0 aromatic heterocycles. The van der Waals surface area contributed by atoms with E-state index in [1.165, 1.54) is 6.42 Å². The van der Waals surface area contributed by atoms with E-state index in [4.69, 9.17) is 4.74 Å². The first-order chi connectivity index (χ1) is 8.07. The third kappa shape index (κ3) is 2.36. The summed E-state index contributed by atoms with van der Waals surface area (Å²) in [4.78, 5) is 11.8. The smallest absolute Gasteiger partial charge is 0.338 e. The van der Waals surface area contributed by atoms with Crippen molar-refractivity contribution in [2.75, 3.05) is 6.61 Å². The Kier molecular flexibility index (Phi) is 3.23. The van der Waals surface area contributed by atoms with Crippen LogP contribution in [0.25, 0.3) is 0 Å². The molecule has 0 saturated heterocycles. The first-order valence-corrected chi connectivity index (χ1v) is 6.29. The van der Waals surface area contributed by atoms with E-state index in [9.17, 15) is 4.79 Å².